The van der Waals surface area contributed by atoms with Gasteiger partial charge < -0.3 is 15.6 Å². The van der Waals surface area contributed by atoms with Crippen LogP contribution in [-0.2, 0) is 4.74 Å². The molecule has 19 heavy (non-hydrogen) atoms. The fraction of sp³-hybridized carbons (Fsp3) is 1.00. The minimum atomic E-state index is -0.777. The van der Waals surface area contributed by atoms with Crippen LogP contribution in [0.4, 0.5) is 0 Å². The molecule has 2 fully saturated rings. The molecule has 2 unspecified atom stereocenters. The van der Waals surface area contributed by atoms with Crippen LogP contribution in [0.3, 0.4) is 0 Å². The summed E-state index contributed by atoms with van der Waals surface area (Å²) in [4.78, 5) is 0. The summed E-state index contributed by atoms with van der Waals surface area (Å²) in [6, 6.07) is 0. The van der Waals surface area contributed by atoms with E-state index in [1.807, 2.05) is 0 Å². The van der Waals surface area contributed by atoms with Crippen molar-refractivity contribution in [2.24, 2.45) is 17.1 Å². The second-order valence-corrected chi connectivity index (χ2v) is 7.66. The highest BCUT2D eigenvalue weighted by Crippen LogP contribution is 2.47. The Hall–Kier alpha value is -0.120. The third-order valence-electron chi connectivity index (χ3n) is 5.54. The molecule has 3 heteroatoms. The first-order chi connectivity index (χ1) is 8.83. The van der Waals surface area contributed by atoms with Crippen molar-refractivity contribution in [1.29, 1.82) is 0 Å². The largest absolute Gasteiger partial charge is 0.388 e. The molecule has 1 aliphatic carbocycles. The Kier molecular flexibility index (Phi) is 4.29. The molecule has 0 bridgehead atoms. The van der Waals surface area contributed by atoms with Crippen molar-refractivity contribution in [1.82, 2.24) is 0 Å². The molecule has 0 aromatic rings. The van der Waals surface area contributed by atoms with E-state index in [1.165, 1.54) is 19.3 Å². The zero-order chi connectivity index (χ0) is 14.1. The van der Waals surface area contributed by atoms with Crippen molar-refractivity contribution < 1.29 is 9.84 Å². The lowest BCUT2D eigenvalue weighted by Crippen LogP contribution is -2.58. The van der Waals surface area contributed by atoms with Crippen molar-refractivity contribution >= 4 is 0 Å². The lowest BCUT2D eigenvalue weighted by molar-refractivity contribution is -0.179. The van der Waals surface area contributed by atoms with Crippen molar-refractivity contribution in [2.75, 3.05) is 13.2 Å². The summed E-state index contributed by atoms with van der Waals surface area (Å²) in [5.41, 5.74) is 5.03. The van der Waals surface area contributed by atoms with E-state index in [2.05, 4.69) is 20.8 Å². The standard InChI is InChI=1S/C16H31NO2/c1-14(2,3)16(18,12-17)13-7-10-19-15(11-13)8-5-4-6-9-15/h13,18H,4-12,17H2,1-3H3. The Balaban J connectivity index is 2.16. The molecule has 1 saturated heterocycles. The number of aliphatic hydroxyl groups is 1. The Morgan fingerprint density at radius 2 is 1.84 bits per heavy atom. The predicted molar refractivity (Wildman–Crippen MR) is 78.0 cm³/mol. The van der Waals surface area contributed by atoms with Crippen LogP contribution >= 0.6 is 0 Å². The molecule has 1 heterocycles. The van der Waals surface area contributed by atoms with E-state index < -0.39 is 5.60 Å². The van der Waals surface area contributed by atoms with Gasteiger partial charge in [-0.05, 0) is 37.0 Å². The molecule has 0 aromatic carbocycles. The Morgan fingerprint density at radius 3 is 2.37 bits per heavy atom. The molecular formula is C16H31NO2. The van der Waals surface area contributed by atoms with Gasteiger partial charge >= 0.3 is 0 Å². The molecule has 3 nitrogen and oxygen atoms in total. The highest BCUT2D eigenvalue weighted by molar-refractivity contribution is 5.02. The van der Waals surface area contributed by atoms with Crippen LogP contribution < -0.4 is 5.73 Å². The first-order valence-electron chi connectivity index (χ1n) is 7.89. The molecule has 1 spiro atoms. The SMILES string of the molecule is CC(C)(C)C(O)(CN)C1CCOC2(CCCCC2)C1. The number of hydrogen-bond donors (Lipinski definition) is 2. The smallest absolute Gasteiger partial charge is 0.0847 e. The zero-order valence-corrected chi connectivity index (χ0v) is 12.9. The minimum absolute atomic E-state index is 0.0373. The van der Waals surface area contributed by atoms with E-state index in [0.717, 1.165) is 32.3 Å². The summed E-state index contributed by atoms with van der Waals surface area (Å²) in [6.07, 6.45) is 8.11. The van der Waals surface area contributed by atoms with E-state index in [9.17, 15) is 5.11 Å². The number of rotatable bonds is 2. The van der Waals surface area contributed by atoms with Gasteiger partial charge in [0.25, 0.3) is 0 Å². The summed E-state index contributed by atoms with van der Waals surface area (Å²) in [5, 5.41) is 11.1. The molecule has 0 aromatic heterocycles. The van der Waals surface area contributed by atoms with Gasteiger partial charge in [-0.25, -0.2) is 0 Å². The monoisotopic (exact) mass is 269 g/mol. The first kappa shape index (κ1) is 15.3. The van der Waals surface area contributed by atoms with Crippen LogP contribution in [-0.4, -0.2) is 29.5 Å². The zero-order valence-electron chi connectivity index (χ0n) is 12.9. The molecule has 1 aliphatic heterocycles. The second kappa shape index (κ2) is 5.34. The van der Waals surface area contributed by atoms with E-state index >= 15 is 0 Å². The van der Waals surface area contributed by atoms with Crippen LogP contribution in [0.5, 0.6) is 0 Å². The van der Waals surface area contributed by atoms with E-state index in [1.54, 1.807) is 0 Å². The second-order valence-electron chi connectivity index (χ2n) is 7.66. The van der Waals surface area contributed by atoms with Crippen LogP contribution in [0.1, 0.15) is 65.7 Å². The van der Waals surface area contributed by atoms with Gasteiger partial charge in [0.15, 0.2) is 0 Å². The number of nitrogens with two attached hydrogens (primary N) is 1. The van der Waals surface area contributed by atoms with Gasteiger partial charge in [0.2, 0.25) is 0 Å². The van der Waals surface area contributed by atoms with Crippen molar-refractivity contribution in [3.8, 4) is 0 Å². The van der Waals surface area contributed by atoms with Crippen LogP contribution in [0.2, 0.25) is 0 Å². The lowest BCUT2D eigenvalue weighted by Gasteiger charge is -2.52. The summed E-state index contributed by atoms with van der Waals surface area (Å²) in [5.74, 6) is 0.268. The Bertz CT molecular complexity index is 299. The first-order valence-corrected chi connectivity index (χ1v) is 7.89. The predicted octanol–water partition coefficient (Wildman–Crippen LogP) is 2.85. The van der Waals surface area contributed by atoms with Gasteiger partial charge in [0.1, 0.15) is 0 Å². The summed E-state index contributed by atoms with van der Waals surface area (Å²) < 4.78 is 6.14. The molecule has 0 radical (unpaired) electrons. The van der Waals surface area contributed by atoms with Gasteiger partial charge in [-0.15, -0.1) is 0 Å². The highest BCUT2D eigenvalue weighted by atomic mass is 16.5. The molecule has 112 valence electrons. The fourth-order valence-electron chi connectivity index (χ4n) is 4.07. The average Bonchev–Trinajstić information content (AvgIpc) is 2.37. The van der Waals surface area contributed by atoms with Crippen LogP contribution in [0.15, 0.2) is 0 Å². The number of hydrogen-bond acceptors (Lipinski definition) is 3. The van der Waals surface area contributed by atoms with Gasteiger partial charge in [-0.2, -0.15) is 0 Å². The quantitative estimate of drug-likeness (QED) is 0.810. The molecule has 3 N–H and O–H groups in total. The molecular weight excluding hydrogens is 238 g/mol. The molecule has 1 saturated carbocycles. The van der Waals surface area contributed by atoms with Crippen molar-refractivity contribution in [3.63, 3.8) is 0 Å². The van der Waals surface area contributed by atoms with E-state index in [0.29, 0.717) is 6.54 Å². The Morgan fingerprint density at radius 1 is 1.21 bits per heavy atom. The number of ether oxygens (including phenoxy) is 1. The van der Waals surface area contributed by atoms with Crippen LogP contribution in [0, 0.1) is 11.3 Å². The fourth-order valence-corrected chi connectivity index (χ4v) is 4.07. The molecule has 0 amide bonds. The van der Waals surface area contributed by atoms with Crippen molar-refractivity contribution in [2.45, 2.75) is 76.9 Å². The highest BCUT2D eigenvalue weighted by Gasteiger charge is 2.50. The van der Waals surface area contributed by atoms with Gasteiger partial charge in [0, 0.05) is 13.2 Å². The lowest BCUT2D eigenvalue weighted by atomic mass is 9.63. The summed E-state index contributed by atoms with van der Waals surface area (Å²) >= 11 is 0. The van der Waals surface area contributed by atoms with Crippen LogP contribution in [0.25, 0.3) is 0 Å². The third kappa shape index (κ3) is 2.84. The maximum Gasteiger partial charge on any atom is 0.0847 e. The van der Waals surface area contributed by atoms with Crippen molar-refractivity contribution in [3.05, 3.63) is 0 Å². The maximum atomic E-state index is 11.1. The molecule has 2 atom stereocenters. The normalized spacial score (nSPS) is 31.1. The molecule has 2 aliphatic rings. The van der Waals surface area contributed by atoms with Gasteiger partial charge in [0.05, 0.1) is 11.2 Å². The van der Waals surface area contributed by atoms with E-state index in [4.69, 9.17) is 10.5 Å². The van der Waals surface area contributed by atoms with Gasteiger partial charge in [-0.1, -0.05) is 40.0 Å². The summed E-state index contributed by atoms with van der Waals surface area (Å²) in [7, 11) is 0. The maximum absolute atomic E-state index is 11.1. The van der Waals surface area contributed by atoms with E-state index in [-0.39, 0.29) is 16.9 Å². The average molecular weight is 269 g/mol. The Labute approximate surface area is 117 Å². The third-order valence-corrected chi connectivity index (χ3v) is 5.54. The summed E-state index contributed by atoms with van der Waals surface area (Å²) in [6.45, 7) is 7.43. The topological polar surface area (TPSA) is 55.5 Å². The molecule has 2 rings (SSSR count). The minimum Gasteiger partial charge on any atom is -0.388 e. The van der Waals surface area contributed by atoms with Gasteiger partial charge in [-0.3, -0.25) is 0 Å².